The van der Waals surface area contributed by atoms with Crippen molar-refractivity contribution in [2.24, 2.45) is 0 Å². The number of nitrogens with zero attached hydrogens (tertiary/aromatic N) is 1. The smallest absolute Gasteiger partial charge is 0.164 e. The van der Waals surface area contributed by atoms with Gasteiger partial charge in [0.15, 0.2) is 5.78 Å². The fourth-order valence-corrected chi connectivity index (χ4v) is 2.26. The lowest BCUT2D eigenvalue weighted by molar-refractivity contribution is 0.0918. The molecule has 3 nitrogen and oxygen atoms in total. The second-order valence-corrected chi connectivity index (χ2v) is 4.63. The summed E-state index contributed by atoms with van der Waals surface area (Å²) in [4.78, 5) is 14.4. The van der Waals surface area contributed by atoms with Gasteiger partial charge in [-0.25, -0.2) is 0 Å². The number of carbonyl (C=O) groups is 1. The third kappa shape index (κ3) is 3.38. The van der Waals surface area contributed by atoms with Crippen molar-refractivity contribution in [2.75, 3.05) is 26.2 Å². The van der Waals surface area contributed by atoms with Gasteiger partial charge in [-0.05, 0) is 6.92 Å². The SMILES string of the molecule is CC(CC(=O)c1ccccc1)N1CCNCC1. The van der Waals surface area contributed by atoms with Crippen molar-refractivity contribution in [1.82, 2.24) is 10.2 Å². The zero-order chi connectivity index (χ0) is 12.1. The summed E-state index contributed by atoms with van der Waals surface area (Å²) >= 11 is 0. The largest absolute Gasteiger partial charge is 0.314 e. The molecule has 92 valence electrons. The summed E-state index contributed by atoms with van der Waals surface area (Å²) in [6, 6.07) is 9.91. The van der Waals surface area contributed by atoms with Crippen molar-refractivity contribution in [3.8, 4) is 0 Å². The topological polar surface area (TPSA) is 32.3 Å². The van der Waals surface area contributed by atoms with E-state index in [4.69, 9.17) is 0 Å². The van der Waals surface area contributed by atoms with E-state index in [1.807, 2.05) is 30.3 Å². The van der Waals surface area contributed by atoms with Crippen LogP contribution in [0.2, 0.25) is 0 Å². The van der Waals surface area contributed by atoms with Gasteiger partial charge < -0.3 is 5.32 Å². The first kappa shape index (κ1) is 12.3. The Hall–Kier alpha value is -1.19. The molecule has 0 radical (unpaired) electrons. The number of hydrogen-bond acceptors (Lipinski definition) is 3. The Morgan fingerprint density at radius 1 is 1.29 bits per heavy atom. The van der Waals surface area contributed by atoms with Gasteiger partial charge in [-0.3, -0.25) is 9.69 Å². The Morgan fingerprint density at radius 2 is 1.94 bits per heavy atom. The average Bonchev–Trinajstić information content (AvgIpc) is 2.40. The zero-order valence-electron chi connectivity index (χ0n) is 10.4. The van der Waals surface area contributed by atoms with Crippen LogP contribution in [0.5, 0.6) is 0 Å². The molecule has 1 saturated heterocycles. The minimum atomic E-state index is 0.247. The van der Waals surface area contributed by atoms with Gasteiger partial charge in [-0.15, -0.1) is 0 Å². The van der Waals surface area contributed by atoms with E-state index in [0.717, 1.165) is 31.7 Å². The predicted octanol–water partition coefficient (Wildman–Crippen LogP) is 1.55. The van der Waals surface area contributed by atoms with Crippen LogP contribution in [0.15, 0.2) is 30.3 Å². The van der Waals surface area contributed by atoms with Crippen molar-refractivity contribution in [3.63, 3.8) is 0 Å². The molecule has 1 N–H and O–H groups in total. The number of hydrogen-bond donors (Lipinski definition) is 1. The fraction of sp³-hybridized carbons (Fsp3) is 0.500. The highest BCUT2D eigenvalue weighted by molar-refractivity contribution is 5.96. The van der Waals surface area contributed by atoms with Crippen LogP contribution in [0.4, 0.5) is 0 Å². The van der Waals surface area contributed by atoms with E-state index in [2.05, 4.69) is 17.1 Å². The molecule has 0 amide bonds. The molecule has 0 spiro atoms. The molecule has 1 fully saturated rings. The quantitative estimate of drug-likeness (QED) is 0.799. The minimum Gasteiger partial charge on any atom is -0.314 e. The lowest BCUT2D eigenvalue weighted by Gasteiger charge is -2.32. The Labute approximate surface area is 103 Å². The van der Waals surface area contributed by atoms with Gasteiger partial charge in [0.05, 0.1) is 0 Å². The van der Waals surface area contributed by atoms with Crippen molar-refractivity contribution < 1.29 is 4.79 Å². The van der Waals surface area contributed by atoms with Crippen LogP contribution in [-0.2, 0) is 0 Å². The molecule has 0 bridgehead atoms. The monoisotopic (exact) mass is 232 g/mol. The molecule has 0 saturated carbocycles. The molecule has 0 aromatic heterocycles. The number of nitrogens with one attached hydrogen (secondary N) is 1. The highest BCUT2D eigenvalue weighted by Crippen LogP contribution is 2.10. The van der Waals surface area contributed by atoms with E-state index in [1.54, 1.807) is 0 Å². The predicted molar refractivity (Wildman–Crippen MR) is 69.3 cm³/mol. The molecule has 1 atom stereocenters. The van der Waals surface area contributed by atoms with Gasteiger partial charge >= 0.3 is 0 Å². The maximum atomic E-state index is 12.1. The number of carbonyl (C=O) groups excluding carboxylic acids is 1. The van der Waals surface area contributed by atoms with Crippen LogP contribution in [0.25, 0.3) is 0 Å². The molecule has 1 aliphatic rings. The van der Waals surface area contributed by atoms with Crippen molar-refractivity contribution in [1.29, 1.82) is 0 Å². The number of benzene rings is 1. The minimum absolute atomic E-state index is 0.247. The van der Waals surface area contributed by atoms with Crippen LogP contribution in [0.1, 0.15) is 23.7 Å². The van der Waals surface area contributed by atoms with Crippen molar-refractivity contribution >= 4 is 5.78 Å². The number of rotatable bonds is 4. The second-order valence-electron chi connectivity index (χ2n) is 4.63. The second kappa shape index (κ2) is 5.94. The Morgan fingerprint density at radius 3 is 2.59 bits per heavy atom. The van der Waals surface area contributed by atoms with Gasteiger partial charge in [0.25, 0.3) is 0 Å². The van der Waals surface area contributed by atoms with Crippen molar-refractivity contribution in [3.05, 3.63) is 35.9 Å². The van der Waals surface area contributed by atoms with Gasteiger partial charge in [-0.2, -0.15) is 0 Å². The van der Waals surface area contributed by atoms with Gasteiger partial charge in [0.2, 0.25) is 0 Å². The van der Waals surface area contributed by atoms with Crippen LogP contribution < -0.4 is 5.32 Å². The summed E-state index contributed by atoms with van der Waals surface area (Å²) in [6.45, 7) is 6.30. The van der Waals surface area contributed by atoms with Gasteiger partial charge in [-0.1, -0.05) is 30.3 Å². The lowest BCUT2D eigenvalue weighted by Crippen LogP contribution is -2.48. The maximum Gasteiger partial charge on any atom is 0.164 e. The molecule has 2 rings (SSSR count). The highest BCUT2D eigenvalue weighted by atomic mass is 16.1. The average molecular weight is 232 g/mol. The summed E-state index contributed by atoms with van der Waals surface area (Å²) in [6.07, 6.45) is 0.615. The maximum absolute atomic E-state index is 12.1. The van der Waals surface area contributed by atoms with Crippen molar-refractivity contribution in [2.45, 2.75) is 19.4 Å². The third-order valence-electron chi connectivity index (χ3n) is 3.35. The van der Waals surface area contributed by atoms with E-state index in [0.29, 0.717) is 12.5 Å². The standard InChI is InChI=1S/C14H20N2O/c1-12(16-9-7-15-8-10-16)11-14(17)13-5-3-2-4-6-13/h2-6,12,15H,7-11H2,1H3. The first-order valence-electron chi connectivity index (χ1n) is 6.30. The van der Waals surface area contributed by atoms with Crippen LogP contribution in [0.3, 0.4) is 0 Å². The fourth-order valence-electron chi connectivity index (χ4n) is 2.26. The summed E-state index contributed by atoms with van der Waals surface area (Å²) < 4.78 is 0. The zero-order valence-corrected chi connectivity index (χ0v) is 10.4. The van der Waals surface area contributed by atoms with Crippen LogP contribution >= 0.6 is 0 Å². The molecular formula is C14H20N2O. The first-order chi connectivity index (χ1) is 8.27. The summed E-state index contributed by atoms with van der Waals surface area (Å²) in [7, 11) is 0. The van der Waals surface area contributed by atoms with E-state index in [9.17, 15) is 4.79 Å². The van der Waals surface area contributed by atoms with Gasteiger partial charge in [0.1, 0.15) is 0 Å². The third-order valence-corrected chi connectivity index (χ3v) is 3.35. The van der Waals surface area contributed by atoms with Crippen LogP contribution in [-0.4, -0.2) is 42.9 Å². The van der Waals surface area contributed by atoms with Gasteiger partial charge in [0, 0.05) is 44.2 Å². The number of Topliss-reactive ketones (excluding diaryl/α,β-unsaturated/α-hetero) is 1. The molecule has 1 unspecified atom stereocenters. The number of ketones is 1. The van der Waals surface area contributed by atoms with Crippen LogP contribution in [0, 0.1) is 0 Å². The molecule has 1 aromatic carbocycles. The number of piperazine rings is 1. The van der Waals surface area contributed by atoms with E-state index in [-0.39, 0.29) is 5.78 Å². The normalized spacial score (nSPS) is 18.9. The molecule has 1 heterocycles. The summed E-state index contributed by atoms with van der Waals surface area (Å²) in [5.41, 5.74) is 0.828. The first-order valence-corrected chi connectivity index (χ1v) is 6.30. The molecule has 0 aliphatic carbocycles. The molecular weight excluding hydrogens is 212 g/mol. The highest BCUT2D eigenvalue weighted by Gasteiger charge is 2.19. The van der Waals surface area contributed by atoms with E-state index >= 15 is 0 Å². The molecule has 17 heavy (non-hydrogen) atoms. The summed E-state index contributed by atoms with van der Waals surface area (Å²) in [5.74, 6) is 0.247. The summed E-state index contributed by atoms with van der Waals surface area (Å²) in [5, 5.41) is 3.33. The lowest BCUT2D eigenvalue weighted by atomic mass is 10.0. The Kier molecular flexibility index (Phi) is 4.29. The Balaban J connectivity index is 1.89. The molecule has 1 aromatic rings. The molecule has 1 aliphatic heterocycles. The van der Waals surface area contributed by atoms with E-state index in [1.165, 1.54) is 0 Å². The Bertz CT molecular complexity index is 358. The van der Waals surface area contributed by atoms with E-state index < -0.39 is 0 Å². The molecule has 3 heteroatoms.